The Morgan fingerprint density at radius 1 is 1.19 bits per heavy atom. The fourth-order valence-corrected chi connectivity index (χ4v) is 4.33. The van der Waals surface area contributed by atoms with Crippen molar-refractivity contribution in [2.75, 3.05) is 19.4 Å². The summed E-state index contributed by atoms with van der Waals surface area (Å²) in [4.78, 5) is 34.0. The van der Waals surface area contributed by atoms with Gasteiger partial charge < -0.3 is 25.4 Å². The van der Waals surface area contributed by atoms with Crippen molar-refractivity contribution in [3.8, 4) is 11.8 Å². The minimum Gasteiger partial charge on any atom is -0.389 e. The Bertz CT molecular complexity index is 1220. The standard InChI is InChI=1S/C21H24N8O3/c1-11-15(16(30)17(31)21(11,2)20(32)23-4)29-10-26-14-18(22-3)27-13(28-19(14)29)6-5-12-9-24-7-8-25-12/h7-11,15-17,30-31H,1-4H3,(H,23,32)(H,22,27,28)/t11-,15-,16+,17+,21?/m1/s1. The Morgan fingerprint density at radius 2 is 1.97 bits per heavy atom. The van der Waals surface area contributed by atoms with E-state index in [-0.39, 0.29) is 11.7 Å². The van der Waals surface area contributed by atoms with E-state index in [1.807, 2.05) is 6.92 Å². The summed E-state index contributed by atoms with van der Waals surface area (Å²) in [6.45, 7) is 3.47. The van der Waals surface area contributed by atoms with E-state index in [9.17, 15) is 15.0 Å². The second-order valence-corrected chi connectivity index (χ2v) is 7.89. The summed E-state index contributed by atoms with van der Waals surface area (Å²) >= 11 is 0. The molecule has 0 spiro atoms. The summed E-state index contributed by atoms with van der Waals surface area (Å²) in [6.07, 6.45) is 3.70. The molecule has 32 heavy (non-hydrogen) atoms. The summed E-state index contributed by atoms with van der Waals surface area (Å²) < 4.78 is 1.68. The van der Waals surface area contributed by atoms with E-state index in [1.54, 1.807) is 30.9 Å². The lowest BCUT2D eigenvalue weighted by molar-refractivity contribution is -0.139. The molecular formula is C21H24N8O3. The molecule has 4 rings (SSSR count). The van der Waals surface area contributed by atoms with Gasteiger partial charge in [-0.3, -0.25) is 9.78 Å². The Balaban J connectivity index is 1.82. The lowest BCUT2D eigenvalue weighted by Crippen LogP contribution is -2.47. The number of carbonyl (C=O) groups is 1. The highest BCUT2D eigenvalue weighted by Crippen LogP contribution is 2.50. The molecule has 0 saturated heterocycles. The maximum atomic E-state index is 12.6. The Kier molecular flexibility index (Phi) is 5.50. The average molecular weight is 436 g/mol. The van der Waals surface area contributed by atoms with Crippen LogP contribution in [0, 0.1) is 23.2 Å². The first-order chi connectivity index (χ1) is 15.3. The van der Waals surface area contributed by atoms with Gasteiger partial charge in [0, 0.05) is 26.5 Å². The number of aliphatic hydroxyl groups is 2. The molecular weight excluding hydrogens is 412 g/mol. The van der Waals surface area contributed by atoms with E-state index in [0.717, 1.165) is 0 Å². The Hall–Kier alpha value is -3.62. The molecule has 1 amide bonds. The van der Waals surface area contributed by atoms with Crippen LogP contribution in [0.3, 0.4) is 0 Å². The van der Waals surface area contributed by atoms with Crippen molar-refractivity contribution in [1.82, 2.24) is 34.8 Å². The third kappa shape index (κ3) is 3.24. The zero-order valence-corrected chi connectivity index (χ0v) is 18.1. The first kappa shape index (κ1) is 21.6. The molecule has 1 aliphatic rings. The lowest BCUT2D eigenvalue weighted by atomic mass is 9.77. The third-order valence-corrected chi connectivity index (χ3v) is 6.31. The van der Waals surface area contributed by atoms with Crippen molar-refractivity contribution >= 4 is 22.9 Å². The number of aliphatic hydroxyl groups excluding tert-OH is 2. The number of hydrogen-bond donors (Lipinski definition) is 4. The number of aromatic nitrogens is 6. The minimum atomic E-state index is -1.26. The van der Waals surface area contributed by atoms with Crippen LogP contribution in [-0.4, -0.2) is 71.9 Å². The van der Waals surface area contributed by atoms with Crippen molar-refractivity contribution in [3.63, 3.8) is 0 Å². The molecule has 4 N–H and O–H groups in total. The topological polar surface area (TPSA) is 151 Å². The van der Waals surface area contributed by atoms with Crippen LogP contribution < -0.4 is 10.6 Å². The van der Waals surface area contributed by atoms with Gasteiger partial charge in [-0.05, 0) is 24.7 Å². The van der Waals surface area contributed by atoms with E-state index >= 15 is 0 Å². The molecule has 3 heterocycles. The third-order valence-electron chi connectivity index (χ3n) is 6.31. The molecule has 0 bridgehead atoms. The smallest absolute Gasteiger partial charge is 0.228 e. The molecule has 0 aliphatic heterocycles. The quantitative estimate of drug-likeness (QED) is 0.406. The number of nitrogens with one attached hydrogen (secondary N) is 2. The zero-order chi connectivity index (χ0) is 23.0. The molecule has 11 nitrogen and oxygen atoms in total. The lowest BCUT2D eigenvalue weighted by Gasteiger charge is -2.31. The first-order valence-electron chi connectivity index (χ1n) is 10.1. The molecule has 5 atom stereocenters. The Morgan fingerprint density at radius 3 is 2.62 bits per heavy atom. The van der Waals surface area contributed by atoms with Gasteiger partial charge in [0.05, 0.1) is 30.1 Å². The van der Waals surface area contributed by atoms with Crippen molar-refractivity contribution in [2.24, 2.45) is 11.3 Å². The van der Waals surface area contributed by atoms with Gasteiger partial charge in [0.25, 0.3) is 0 Å². The highest BCUT2D eigenvalue weighted by molar-refractivity contribution is 5.85. The number of fused-ring (bicyclic) bond motifs is 1. The highest BCUT2D eigenvalue weighted by Gasteiger charge is 2.59. The minimum absolute atomic E-state index is 0.226. The molecule has 3 aromatic rings. The van der Waals surface area contributed by atoms with E-state index in [4.69, 9.17) is 0 Å². The second kappa shape index (κ2) is 8.14. The predicted molar refractivity (Wildman–Crippen MR) is 115 cm³/mol. The molecule has 166 valence electrons. The van der Waals surface area contributed by atoms with Crippen molar-refractivity contribution in [1.29, 1.82) is 0 Å². The van der Waals surface area contributed by atoms with Crippen LogP contribution >= 0.6 is 0 Å². The van der Waals surface area contributed by atoms with Gasteiger partial charge in [0.15, 0.2) is 17.0 Å². The van der Waals surface area contributed by atoms with Gasteiger partial charge in [-0.1, -0.05) is 6.92 Å². The van der Waals surface area contributed by atoms with Crippen LogP contribution in [0.2, 0.25) is 0 Å². The molecule has 11 heteroatoms. The summed E-state index contributed by atoms with van der Waals surface area (Å²) in [5, 5.41) is 27.3. The SMILES string of the molecule is CNC(=O)C1(C)[C@H](C)[C@@H](n2cnc3c(NC)nc(C#Cc4cnccn4)nc32)[C@H](O)[C@@H]1O. The molecule has 1 saturated carbocycles. The largest absolute Gasteiger partial charge is 0.389 e. The fourth-order valence-electron chi connectivity index (χ4n) is 4.33. The second-order valence-electron chi connectivity index (χ2n) is 7.89. The number of imidazole rings is 1. The number of anilines is 1. The van der Waals surface area contributed by atoms with Gasteiger partial charge in [0.2, 0.25) is 11.7 Å². The molecule has 1 fully saturated rings. The number of nitrogens with zero attached hydrogens (tertiary/aromatic N) is 6. The number of amides is 1. The predicted octanol–water partition coefficient (Wildman–Crippen LogP) is -0.277. The van der Waals surface area contributed by atoms with E-state index in [0.29, 0.717) is 22.7 Å². The number of hydrogen-bond acceptors (Lipinski definition) is 9. The maximum absolute atomic E-state index is 12.6. The normalized spacial score (nSPS) is 27.1. The fraction of sp³-hybridized carbons (Fsp3) is 0.429. The number of rotatable bonds is 3. The summed E-state index contributed by atoms with van der Waals surface area (Å²) in [5.74, 6) is 5.67. The Labute approximate surface area is 184 Å². The van der Waals surface area contributed by atoms with Crippen molar-refractivity contribution in [2.45, 2.75) is 32.1 Å². The van der Waals surface area contributed by atoms with Crippen molar-refractivity contribution < 1.29 is 15.0 Å². The summed E-state index contributed by atoms with van der Waals surface area (Å²) in [6, 6.07) is -0.641. The van der Waals surface area contributed by atoms with E-state index < -0.39 is 29.6 Å². The van der Waals surface area contributed by atoms with Crippen LogP contribution in [0.4, 0.5) is 5.82 Å². The molecule has 1 aliphatic carbocycles. The highest BCUT2D eigenvalue weighted by atomic mass is 16.3. The zero-order valence-electron chi connectivity index (χ0n) is 18.1. The summed E-state index contributed by atoms with van der Waals surface area (Å²) in [7, 11) is 3.22. The monoisotopic (exact) mass is 436 g/mol. The first-order valence-corrected chi connectivity index (χ1v) is 10.1. The van der Waals surface area contributed by atoms with Gasteiger partial charge in [-0.2, -0.15) is 0 Å². The molecule has 0 aromatic carbocycles. The van der Waals surface area contributed by atoms with Crippen LogP contribution in [0.1, 0.15) is 31.4 Å². The number of carbonyl (C=O) groups excluding carboxylic acids is 1. The van der Waals surface area contributed by atoms with Crippen LogP contribution in [0.15, 0.2) is 24.9 Å². The molecule has 3 aromatic heterocycles. The van der Waals surface area contributed by atoms with Gasteiger partial charge in [-0.15, -0.1) is 0 Å². The van der Waals surface area contributed by atoms with E-state index in [1.165, 1.54) is 19.6 Å². The molecule has 0 radical (unpaired) electrons. The maximum Gasteiger partial charge on any atom is 0.228 e. The van der Waals surface area contributed by atoms with E-state index in [2.05, 4.69) is 47.4 Å². The van der Waals surface area contributed by atoms with Gasteiger partial charge in [0.1, 0.15) is 11.8 Å². The van der Waals surface area contributed by atoms with Crippen LogP contribution in [0.5, 0.6) is 0 Å². The van der Waals surface area contributed by atoms with Crippen molar-refractivity contribution in [3.05, 3.63) is 36.4 Å². The summed E-state index contributed by atoms with van der Waals surface area (Å²) in [5.41, 5.74) is 0.195. The van der Waals surface area contributed by atoms with Crippen LogP contribution in [-0.2, 0) is 4.79 Å². The van der Waals surface area contributed by atoms with Gasteiger partial charge in [-0.25, -0.2) is 19.9 Å². The molecule has 1 unspecified atom stereocenters. The average Bonchev–Trinajstić information content (AvgIpc) is 3.30. The van der Waals surface area contributed by atoms with Crippen LogP contribution in [0.25, 0.3) is 11.2 Å². The van der Waals surface area contributed by atoms with Gasteiger partial charge >= 0.3 is 0 Å².